The highest BCUT2D eigenvalue weighted by Crippen LogP contribution is 2.50. The van der Waals surface area contributed by atoms with Gasteiger partial charge < -0.3 is 10.8 Å². The van der Waals surface area contributed by atoms with Gasteiger partial charge in [0.1, 0.15) is 5.75 Å². The molecule has 5 heteroatoms. The van der Waals surface area contributed by atoms with E-state index in [1.54, 1.807) is 6.07 Å². The van der Waals surface area contributed by atoms with E-state index >= 15 is 0 Å². The molecule has 0 aromatic heterocycles. The van der Waals surface area contributed by atoms with E-state index in [9.17, 15) is 13.5 Å². The van der Waals surface area contributed by atoms with Gasteiger partial charge in [-0.2, -0.15) is 0 Å². The van der Waals surface area contributed by atoms with Gasteiger partial charge in [0.05, 0.1) is 4.90 Å². The summed E-state index contributed by atoms with van der Waals surface area (Å²) in [5.74, 6) is 0.135. The van der Waals surface area contributed by atoms with Crippen molar-refractivity contribution in [3.8, 4) is 5.75 Å². The first-order valence-electron chi connectivity index (χ1n) is 5.13. The average Bonchev–Trinajstić information content (AvgIpc) is 2.97. The molecule has 1 aromatic carbocycles. The Morgan fingerprint density at radius 2 is 2.06 bits per heavy atom. The van der Waals surface area contributed by atoms with Gasteiger partial charge in [0.15, 0.2) is 9.84 Å². The monoisotopic (exact) mass is 241 g/mol. The van der Waals surface area contributed by atoms with E-state index in [0.29, 0.717) is 12.1 Å². The Labute approximate surface area is 95.0 Å². The molecule has 1 saturated carbocycles. The van der Waals surface area contributed by atoms with Gasteiger partial charge in [-0.25, -0.2) is 8.42 Å². The summed E-state index contributed by atoms with van der Waals surface area (Å²) in [6.07, 6.45) is 2.97. The highest BCUT2D eigenvalue weighted by Gasteiger charge is 2.44. The van der Waals surface area contributed by atoms with Crippen molar-refractivity contribution in [2.45, 2.75) is 23.2 Å². The maximum atomic E-state index is 11.4. The molecule has 0 heterocycles. The first-order valence-corrected chi connectivity index (χ1v) is 7.02. The van der Waals surface area contributed by atoms with E-state index in [-0.39, 0.29) is 16.1 Å². The molecule has 16 heavy (non-hydrogen) atoms. The van der Waals surface area contributed by atoms with Gasteiger partial charge in [0, 0.05) is 23.8 Å². The van der Waals surface area contributed by atoms with Crippen molar-refractivity contribution >= 4 is 9.84 Å². The predicted molar refractivity (Wildman–Crippen MR) is 61.2 cm³/mol. The lowest BCUT2D eigenvalue weighted by Crippen LogP contribution is -2.20. The first-order chi connectivity index (χ1) is 7.39. The van der Waals surface area contributed by atoms with Crippen LogP contribution in [0, 0.1) is 0 Å². The zero-order valence-electron chi connectivity index (χ0n) is 9.10. The van der Waals surface area contributed by atoms with Gasteiger partial charge in [0.25, 0.3) is 0 Å². The van der Waals surface area contributed by atoms with Gasteiger partial charge in [-0.05, 0) is 31.0 Å². The Hall–Kier alpha value is -1.07. The van der Waals surface area contributed by atoms with Crippen LogP contribution >= 0.6 is 0 Å². The van der Waals surface area contributed by atoms with Crippen LogP contribution in [0.25, 0.3) is 0 Å². The average molecular weight is 241 g/mol. The molecule has 88 valence electrons. The maximum Gasteiger partial charge on any atom is 0.175 e. The van der Waals surface area contributed by atoms with Gasteiger partial charge in [0.2, 0.25) is 0 Å². The van der Waals surface area contributed by atoms with E-state index < -0.39 is 9.84 Å². The molecule has 1 aliphatic carbocycles. The number of rotatable bonds is 3. The molecule has 0 radical (unpaired) electrons. The second kappa shape index (κ2) is 3.46. The molecule has 0 atom stereocenters. The highest BCUT2D eigenvalue weighted by atomic mass is 32.2. The molecule has 3 N–H and O–H groups in total. The van der Waals surface area contributed by atoms with Gasteiger partial charge in [-0.3, -0.25) is 0 Å². The zero-order chi connectivity index (χ0) is 12.0. The van der Waals surface area contributed by atoms with Crippen LogP contribution in [0.5, 0.6) is 5.75 Å². The van der Waals surface area contributed by atoms with Crippen LogP contribution in [-0.4, -0.2) is 26.3 Å². The largest absolute Gasteiger partial charge is 0.508 e. The molecule has 0 saturated heterocycles. The Morgan fingerprint density at radius 1 is 1.44 bits per heavy atom. The second-order valence-electron chi connectivity index (χ2n) is 4.44. The molecule has 1 fully saturated rings. The molecule has 1 aromatic rings. The fourth-order valence-corrected chi connectivity index (χ4v) is 2.55. The van der Waals surface area contributed by atoms with Crippen LogP contribution in [0.3, 0.4) is 0 Å². The van der Waals surface area contributed by atoms with Gasteiger partial charge in [-0.1, -0.05) is 0 Å². The Bertz CT molecular complexity index is 518. The lowest BCUT2D eigenvalue weighted by Gasteiger charge is -2.15. The number of sulfone groups is 1. The third-order valence-electron chi connectivity index (χ3n) is 3.21. The van der Waals surface area contributed by atoms with Crippen molar-refractivity contribution in [1.82, 2.24) is 0 Å². The number of hydrogen-bond donors (Lipinski definition) is 2. The normalized spacial score (nSPS) is 18.4. The quantitative estimate of drug-likeness (QED) is 0.819. The summed E-state index contributed by atoms with van der Waals surface area (Å²) in [4.78, 5) is 0.236. The Kier molecular flexibility index (Phi) is 2.47. The number of nitrogens with two attached hydrogens (primary N) is 1. The fourth-order valence-electron chi connectivity index (χ4n) is 1.90. The summed E-state index contributed by atoms with van der Waals surface area (Å²) in [5.41, 5.74) is 6.13. The molecule has 0 aliphatic heterocycles. The topological polar surface area (TPSA) is 80.4 Å². The standard InChI is InChI=1S/C11H15NO3S/c1-16(14,15)8-2-3-10(13)9(6-8)11(7-12)4-5-11/h2-3,6,13H,4-5,7,12H2,1H3. The molecular formula is C11H15NO3S. The number of aromatic hydroxyl groups is 1. The van der Waals surface area contributed by atoms with Crippen molar-refractivity contribution in [3.63, 3.8) is 0 Å². The van der Waals surface area contributed by atoms with Crippen LogP contribution in [-0.2, 0) is 15.3 Å². The van der Waals surface area contributed by atoms with Crippen LogP contribution in [0.4, 0.5) is 0 Å². The highest BCUT2D eigenvalue weighted by molar-refractivity contribution is 7.90. The van der Waals surface area contributed by atoms with Crippen molar-refractivity contribution in [3.05, 3.63) is 23.8 Å². The Morgan fingerprint density at radius 3 is 2.50 bits per heavy atom. The van der Waals surface area contributed by atoms with Crippen molar-refractivity contribution in [2.24, 2.45) is 5.73 Å². The molecule has 2 rings (SSSR count). The van der Waals surface area contributed by atoms with Crippen molar-refractivity contribution in [1.29, 1.82) is 0 Å². The number of benzene rings is 1. The number of phenolic OH excluding ortho intramolecular Hbond substituents is 1. The number of phenols is 1. The van der Waals surface area contributed by atoms with Crippen molar-refractivity contribution < 1.29 is 13.5 Å². The van der Waals surface area contributed by atoms with Crippen LogP contribution < -0.4 is 5.73 Å². The molecule has 0 amide bonds. The third kappa shape index (κ3) is 1.81. The maximum absolute atomic E-state index is 11.4. The lowest BCUT2D eigenvalue weighted by molar-refractivity contribution is 0.458. The summed E-state index contributed by atoms with van der Waals surface area (Å²) in [6, 6.07) is 4.40. The summed E-state index contributed by atoms with van der Waals surface area (Å²) in [7, 11) is -3.23. The molecule has 0 unspecified atom stereocenters. The first kappa shape index (κ1) is 11.4. The fraction of sp³-hybridized carbons (Fsp3) is 0.455. The van der Waals surface area contributed by atoms with E-state index in [0.717, 1.165) is 19.1 Å². The van der Waals surface area contributed by atoms with Crippen molar-refractivity contribution in [2.75, 3.05) is 12.8 Å². The van der Waals surface area contributed by atoms with E-state index in [1.807, 2.05) is 0 Å². The predicted octanol–water partition coefficient (Wildman–Crippen LogP) is 0.786. The molecule has 4 nitrogen and oxygen atoms in total. The second-order valence-corrected chi connectivity index (χ2v) is 6.45. The summed E-state index contributed by atoms with van der Waals surface area (Å²) < 4.78 is 22.8. The minimum Gasteiger partial charge on any atom is -0.508 e. The SMILES string of the molecule is CS(=O)(=O)c1ccc(O)c(C2(CN)CC2)c1. The molecule has 0 bridgehead atoms. The Balaban J connectivity index is 2.54. The van der Waals surface area contributed by atoms with Gasteiger partial charge >= 0.3 is 0 Å². The van der Waals surface area contributed by atoms with Crippen LogP contribution in [0.15, 0.2) is 23.1 Å². The lowest BCUT2D eigenvalue weighted by atomic mass is 9.95. The van der Waals surface area contributed by atoms with E-state index in [4.69, 9.17) is 5.73 Å². The number of hydrogen-bond acceptors (Lipinski definition) is 4. The minimum atomic E-state index is -3.23. The summed E-state index contributed by atoms with van der Waals surface area (Å²) in [5, 5.41) is 9.76. The molecule has 1 aliphatic rings. The van der Waals surface area contributed by atoms with E-state index in [2.05, 4.69) is 0 Å². The van der Waals surface area contributed by atoms with Gasteiger partial charge in [-0.15, -0.1) is 0 Å². The van der Waals surface area contributed by atoms with Crippen LogP contribution in [0.1, 0.15) is 18.4 Å². The zero-order valence-corrected chi connectivity index (χ0v) is 9.92. The van der Waals surface area contributed by atoms with E-state index in [1.165, 1.54) is 12.1 Å². The minimum absolute atomic E-state index is 0.135. The summed E-state index contributed by atoms with van der Waals surface area (Å²) in [6.45, 7) is 0.438. The molecular weight excluding hydrogens is 226 g/mol. The smallest absolute Gasteiger partial charge is 0.175 e. The molecule has 0 spiro atoms. The summed E-state index contributed by atoms with van der Waals surface area (Å²) >= 11 is 0. The van der Waals surface area contributed by atoms with Crippen LogP contribution in [0.2, 0.25) is 0 Å². The third-order valence-corrected chi connectivity index (χ3v) is 4.32.